The van der Waals surface area contributed by atoms with Crippen LogP contribution >= 0.6 is 0 Å². The highest BCUT2D eigenvalue weighted by molar-refractivity contribution is 6.06. The molecule has 0 saturated heterocycles. The molecule has 1 amide bonds. The summed E-state index contributed by atoms with van der Waals surface area (Å²) in [6.45, 7) is 0. The molecule has 0 aliphatic carbocycles. The van der Waals surface area contributed by atoms with Crippen molar-refractivity contribution < 1.29 is 22.7 Å². The van der Waals surface area contributed by atoms with E-state index in [9.17, 15) is 18.0 Å². The van der Waals surface area contributed by atoms with Gasteiger partial charge >= 0.3 is 6.36 Å². The summed E-state index contributed by atoms with van der Waals surface area (Å²) in [6.07, 6.45) is -3.48. The number of hydrogen-bond donors (Lipinski definition) is 3. The number of aromatic amines is 1. The largest absolute Gasteiger partial charge is 0.573 e. The minimum Gasteiger partial charge on any atom is -0.406 e. The molecule has 106 valence electrons. The smallest absolute Gasteiger partial charge is 0.406 e. The predicted octanol–water partition coefficient (Wildman–Crippen LogP) is 2.14. The number of aromatic nitrogens is 2. The third-order valence-electron chi connectivity index (χ3n) is 2.24. The van der Waals surface area contributed by atoms with E-state index in [1.54, 1.807) is 0 Å². The summed E-state index contributed by atoms with van der Waals surface area (Å²) in [5.74, 6) is -0.930. The van der Waals surface area contributed by atoms with Crippen LogP contribution < -0.4 is 15.8 Å². The average Bonchev–Trinajstić information content (AvgIpc) is 2.76. The molecule has 6 nitrogen and oxygen atoms in total. The van der Waals surface area contributed by atoms with Crippen molar-refractivity contribution in [1.82, 2.24) is 10.2 Å². The molecule has 0 bridgehead atoms. The SMILES string of the molecule is Nc1cn[nH]c1C(=O)Nc1ccc(OC(F)(F)F)cc1. The first kappa shape index (κ1) is 13.7. The summed E-state index contributed by atoms with van der Waals surface area (Å²) in [6, 6.07) is 4.70. The van der Waals surface area contributed by atoms with Crippen LogP contribution in [0.15, 0.2) is 30.5 Å². The third-order valence-corrected chi connectivity index (χ3v) is 2.24. The van der Waals surface area contributed by atoms with Crippen LogP contribution in [0.25, 0.3) is 0 Å². The fourth-order valence-electron chi connectivity index (χ4n) is 1.41. The lowest BCUT2D eigenvalue weighted by Gasteiger charge is -2.09. The standard InChI is InChI=1S/C11H9F3N4O2/c12-11(13,14)20-7-3-1-6(2-4-7)17-10(19)9-8(15)5-16-18-9/h1-5H,15H2,(H,16,18)(H,17,19). The molecule has 2 aromatic rings. The fraction of sp³-hybridized carbons (Fsp3) is 0.0909. The van der Waals surface area contributed by atoms with E-state index in [1.807, 2.05) is 0 Å². The van der Waals surface area contributed by atoms with Gasteiger partial charge in [0.15, 0.2) is 0 Å². The Kier molecular flexibility index (Phi) is 3.51. The van der Waals surface area contributed by atoms with Gasteiger partial charge < -0.3 is 15.8 Å². The number of nitrogens with one attached hydrogen (secondary N) is 2. The number of nitrogens with zero attached hydrogens (tertiary/aromatic N) is 1. The summed E-state index contributed by atoms with van der Waals surface area (Å²) in [5, 5.41) is 8.44. The van der Waals surface area contributed by atoms with Crippen LogP contribution in [0.3, 0.4) is 0 Å². The van der Waals surface area contributed by atoms with E-state index < -0.39 is 12.3 Å². The molecule has 4 N–H and O–H groups in total. The Morgan fingerprint density at radius 3 is 2.45 bits per heavy atom. The van der Waals surface area contributed by atoms with Crippen molar-refractivity contribution in [2.24, 2.45) is 0 Å². The van der Waals surface area contributed by atoms with Crippen molar-refractivity contribution in [1.29, 1.82) is 0 Å². The molecule has 9 heteroatoms. The average molecular weight is 286 g/mol. The predicted molar refractivity (Wildman–Crippen MR) is 64.1 cm³/mol. The van der Waals surface area contributed by atoms with Crippen molar-refractivity contribution in [2.75, 3.05) is 11.1 Å². The molecule has 0 aliphatic rings. The molecule has 20 heavy (non-hydrogen) atoms. The maximum Gasteiger partial charge on any atom is 0.573 e. The van der Waals surface area contributed by atoms with Gasteiger partial charge in [0.25, 0.3) is 5.91 Å². The summed E-state index contributed by atoms with van der Waals surface area (Å²) < 4.78 is 39.6. The van der Waals surface area contributed by atoms with Crippen LogP contribution in [0.1, 0.15) is 10.5 Å². The number of ether oxygens (including phenoxy) is 1. The lowest BCUT2D eigenvalue weighted by molar-refractivity contribution is -0.274. The summed E-state index contributed by atoms with van der Waals surface area (Å²) in [7, 11) is 0. The van der Waals surface area contributed by atoms with Gasteiger partial charge in [-0.15, -0.1) is 13.2 Å². The number of rotatable bonds is 3. The quantitative estimate of drug-likeness (QED) is 0.806. The minimum absolute atomic E-state index is 0.0700. The maximum atomic E-state index is 12.0. The van der Waals surface area contributed by atoms with Gasteiger partial charge in [-0.1, -0.05) is 0 Å². The Labute approximate surface area is 110 Å². The monoisotopic (exact) mass is 286 g/mol. The summed E-state index contributed by atoms with van der Waals surface area (Å²) in [5.41, 5.74) is 6.02. The molecule has 0 saturated carbocycles. The molecule has 0 spiro atoms. The number of carbonyl (C=O) groups excluding carboxylic acids is 1. The van der Waals surface area contributed by atoms with E-state index in [4.69, 9.17) is 5.73 Å². The number of halogens is 3. The number of hydrogen-bond acceptors (Lipinski definition) is 4. The van der Waals surface area contributed by atoms with Gasteiger partial charge in [0.2, 0.25) is 0 Å². The van der Waals surface area contributed by atoms with Crippen molar-refractivity contribution in [3.8, 4) is 5.75 Å². The van der Waals surface area contributed by atoms with Gasteiger partial charge in [-0.3, -0.25) is 9.89 Å². The highest BCUT2D eigenvalue weighted by Gasteiger charge is 2.30. The molecule has 0 atom stereocenters. The van der Waals surface area contributed by atoms with Crippen LogP contribution in [0.5, 0.6) is 5.75 Å². The number of nitrogen functional groups attached to an aromatic ring is 1. The van der Waals surface area contributed by atoms with Gasteiger partial charge in [-0.25, -0.2) is 0 Å². The first-order valence-electron chi connectivity index (χ1n) is 5.31. The Morgan fingerprint density at radius 2 is 1.95 bits per heavy atom. The maximum absolute atomic E-state index is 12.0. The first-order chi connectivity index (χ1) is 9.35. The molecule has 1 heterocycles. The number of alkyl halides is 3. The van der Waals surface area contributed by atoms with Crippen molar-refractivity contribution in [3.63, 3.8) is 0 Å². The number of amides is 1. The van der Waals surface area contributed by atoms with Crippen LogP contribution in [0.4, 0.5) is 24.5 Å². The summed E-state index contributed by atoms with van der Waals surface area (Å²) in [4.78, 5) is 11.7. The molecular weight excluding hydrogens is 277 g/mol. The van der Waals surface area contributed by atoms with E-state index >= 15 is 0 Å². The lowest BCUT2D eigenvalue weighted by atomic mass is 10.3. The zero-order valence-electron chi connectivity index (χ0n) is 9.86. The fourth-order valence-corrected chi connectivity index (χ4v) is 1.41. The normalized spacial score (nSPS) is 11.2. The molecule has 0 radical (unpaired) electrons. The molecule has 1 aromatic heterocycles. The molecule has 1 aromatic carbocycles. The second kappa shape index (κ2) is 5.11. The van der Waals surface area contributed by atoms with Crippen LogP contribution in [0.2, 0.25) is 0 Å². The molecule has 0 unspecified atom stereocenters. The van der Waals surface area contributed by atoms with Crippen LogP contribution in [-0.4, -0.2) is 22.5 Å². The molecule has 2 rings (SSSR count). The zero-order valence-corrected chi connectivity index (χ0v) is 9.86. The van der Waals surface area contributed by atoms with E-state index in [-0.39, 0.29) is 17.1 Å². The van der Waals surface area contributed by atoms with Gasteiger partial charge in [0, 0.05) is 5.69 Å². The number of benzene rings is 1. The van der Waals surface area contributed by atoms with Crippen molar-refractivity contribution >= 4 is 17.3 Å². The topological polar surface area (TPSA) is 93.0 Å². The highest BCUT2D eigenvalue weighted by Crippen LogP contribution is 2.24. The van der Waals surface area contributed by atoms with Gasteiger partial charge in [-0.2, -0.15) is 5.10 Å². The van der Waals surface area contributed by atoms with Crippen LogP contribution in [0, 0.1) is 0 Å². The third kappa shape index (κ3) is 3.40. The van der Waals surface area contributed by atoms with E-state index in [0.29, 0.717) is 5.69 Å². The van der Waals surface area contributed by atoms with E-state index in [1.165, 1.54) is 18.3 Å². The number of nitrogens with two attached hydrogens (primary N) is 1. The second-order valence-electron chi connectivity index (χ2n) is 3.73. The van der Waals surface area contributed by atoms with Gasteiger partial charge in [0.05, 0.1) is 11.9 Å². The highest BCUT2D eigenvalue weighted by atomic mass is 19.4. The minimum atomic E-state index is -4.75. The van der Waals surface area contributed by atoms with Gasteiger partial charge in [0.1, 0.15) is 11.4 Å². The zero-order chi connectivity index (χ0) is 14.8. The van der Waals surface area contributed by atoms with Gasteiger partial charge in [-0.05, 0) is 24.3 Å². The number of carbonyl (C=O) groups is 1. The van der Waals surface area contributed by atoms with Crippen molar-refractivity contribution in [2.45, 2.75) is 6.36 Å². The Bertz CT molecular complexity index is 607. The Balaban J connectivity index is 2.04. The molecular formula is C11H9F3N4O2. The van der Waals surface area contributed by atoms with E-state index in [2.05, 4.69) is 20.3 Å². The van der Waals surface area contributed by atoms with Crippen molar-refractivity contribution in [3.05, 3.63) is 36.2 Å². The first-order valence-corrected chi connectivity index (χ1v) is 5.31. The summed E-state index contributed by atoms with van der Waals surface area (Å²) >= 11 is 0. The number of H-pyrrole nitrogens is 1. The second-order valence-corrected chi connectivity index (χ2v) is 3.73. The molecule has 0 aliphatic heterocycles. The lowest BCUT2D eigenvalue weighted by Crippen LogP contribution is -2.17. The van der Waals surface area contributed by atoms with Crippen LogP contribution in [-0.2, 0) is 0 Å². The molecule has 0 fully saturated rings. The Morgan fingerprint density at radius 1 is 1.30 bits per heavy atom. The number of anilines is 2. The Hall–Kier alpha value is -2.71. The van der Waals surface area contributed by atoms with E-state index in [0.717, 1.165) is 12.1 Å².